The van der Waals surface area contributed by atoms with Crippen LogP contribution >= 0.6 is 11.6 Å². The SMILES string of the molecule is CC[C@@H](C(=O)NCC(C)C)N(Cc1ccccc1Cl)C(=O)CN(c1ccccc1OC)S(=O)(=O)c1ccccc1. The number of anilines is 1. The summed E-state index contributed by atoms with van der Waals surface area (Å²) in [4.78, 5) is 28.8. The summed E-state index contributed by atoms with van der Waals surface area (Å²) < 4.78 is 34.3. The molecular weight excluding hydrogens is 550 g/mol. The first-order valence-corrected chi connectivity index (χ1v) is 14.9. The minimum Gasteiger partial charge on any atom is -0.495 e. The van der Waals surface area contributed by atoms with Crippen molar-refractivity contribution in [1.82, 2.24) is 10.2 Å². The molecule has 0 aliphatic carbocycles. The van der Waals surface area contributed by atoms with Crippen LogP contribution in [0.2, 0.25) is 5.02 Å². The lowest BCUT2D eigenvalue weighted by Crippen LogP contribution is -2.52. The third-order valence-corrected chi connectivity index (χ3v) is 8.48. The van der Waals surface area contributed by atoms with Gasteiger partial charge in [-0.2, -0.15) is 0 Å². The van der Waals surface area contributed by atoms with Gasteiger partial charge in [-0.15, -0.1) is 0 Å². The lowest BCUT2D eigenvalue weighted by atomic mass is 10.1. The number of sulfonamides is 1. The molecule has 8 nitrogen and oxygen atoms in total. The van der Waals surface area contributed by atoms with E-state index < -0.39 is 28.5 Å². The average Bonchev–Trinajstić information content (AvgIpc) is 2.95. The van der Waals surface area contributed by atoms with Crippen LogP contribution < -0.4 is 14.4 Å². The van der Waals surface area contributed by atoms with Gasteiger partial charge in [-0.05, 0) is 48.2 Å². The molecule has 3 aromatic carbocycles. The summed E-state index contributed by atoms with van der Waals surface area (Å²) in [5, 5.41) is 3.35. The Hall–Kier alpha value is -3.56. The van der Waals surface area contributed by atoms with E-state index in [0.717, 1.165) is 4.31 Å². The van der Waals surface area contributed by atoms with E-state index in [2.05, 4.69) is 5.32 Å². The van der Waals surface area contributed by atoms with Crippen molar-refractivity contribution < 1.29 is 22.7 Å². The van der Waals surface area contributed by atoms with E-state index in [1.54, 1.807) is 66.7 Å². The van der Waals surface area contributed by atoms with Crippen molar-refractivity contribution in [3.05, 3.63) is 89.4 Å². The average molecular weight is 586 g/mol. The Morgan fingerprint density at radius 2 is 1.57 bits per heavy atom. The zero-order chi connectivity index (χ0) is 29.3. The highest BCUT2D eigenvalue weighted by molar-refractivity contribution is 7.92. The van der Waals surface area contributed by atoms with Gasteiger partial charge in [0.15, 0.2) is 0 Å². The van der Waals surface area contributed by atoms with Crippen LogP contribution in [0.25, 0.3) is 0 Å². The number of nitrogens with one attached hydrogen (secondary N) is 1. The zero-order valence-corrected chi connectivity index (χ0v) is 24.8. The van der Waals surface area contributed by atoms with Crippen molar-refractivity contribution in [2.75, 3.05) is 24.5 Å². The van der Waals surface area contributed by atoms with Gasteiger partial charge in [0.25, 0.3) is 10.0 Å². The molecule has 0 aromatic heterocycles. The lowest BCUT2D eigenvalue weighted by molar-refractivity contribution is -0.140. The van der Waals surface area contributed by atoms with E-state index in [4.69, 9.17) is 16.3 Å². The number of benzene rings is 3. The maximum Gasteiger partial charge on any atom is 0.264 e. The molecule has 2 amide bonds. The van der Waals surface area contributed by atoms with Gasteiger partial charge in [0.1, 0.15) is 18.3 Å². The van der Waals surface area contributed by atoms with Crippen LogP contribution in [0, 0.1) is 5.92 Å². The Kier molecular flexibility index (Phi) is 11.0. The topological polar surface area (TPSA) is 96.0 Å². The van der Waals surface area contributed by atoms with Gasteiger partial charge in [-0.1, -0.05) is 80.9 Å². The number of carbonyl (C=O) groups is 2. The van der Waals surface area contributed by atoms with E-state index >= 15 is 0 Å². The molecule has 0 unspecified atom stereocenters. The number of methoxy groups -OCH3 is 1. The van der Waals surface area contributed by atoms with Crippen molar-refractivity contribution in [2.45, 2.75) is 44.7 Å². The number of hydrogen-bond acceptors (Lipinski definition) is 5. The van der Waals surface area contributed by atoms with Crippen molar-refractivity contribution in [2.24, 2.45) is 5.92 Å². The first-order chi connectivity index (χ1) is 19.1. The van der Waals surface area contributed by atoms with Crippen molar-refractivity contribution >= 4 is 39.1 Å². The number of rotatable bonds is 13. The number of carbonyl (C=O) groups excluding carboxylic acids is 2. The normalized spacial score (nSPS) is 12.1. The lowest BCUT2D eigenvalue weighted by Gasteiger charge is -2.33. The molecule has 0 aliphatic heterocycles. The van der Waals surface area contributed by atoms with E-state index in [1.165, 1.54) is 24.1 Å². The first-order valence-electron chi connectivity index (χ1n) is 13.1. The summed E-state index contributed by atoms with van der Waals surface area (Å²) in [6.07, 6.45) is 0.320. The molecule has 3 rings (SSSR count). The minimum absolute atomic E-state index is 0.0214. The Bertz CT molecular complexity index is 1400. The molecule has 0 radical (unpaired) electrons. The highest BCUT2D eigenvalue weighted by Crippen LogP contribution is 2.32. The molecule has 1 atom stereocenters. The Morgan fingerprint density at radius 1 is 0.950 bits per heavy atom. The maximum atomic E-state index is 14.1. The fourth-order valence-corrected chi connectivity index (χ4v) is 5.86. The molecule has 1 N–H and O–H groups in total. The molecule has 10 heteroatoms. The molecule has 0 bridgehead atoms. The van der Waals surface area contributed by atoms with E-state index in [9.17, 15) is 18.0 Å². The zero-order valence-electron chi connectivity index (χ0n) is 23.2. The summed E-state index contributed by atoms with van der Waals surface area (Å²) >= 11 is 6.44. The molecule has 0 saturated carbocycles. The second kappa shape index (κ2) is 14.2. The number of halogens is 1. The summed E-state index contributed by atoms with van der Waals surface area (Å²) in [7, 11) is -2.76. The van der Waals surface area contributed by atoms with E-state index in [-0.39, 0.29) is 34.7 Å². The summed E-state index contributed by atoms with van der Waals surface area (Å²) in [5.41, 5.74) is 0.847. The number of hydrogen-bond donors (Lipinski definition) is 1. The Morgan fingerprint density at radius 3 is 2.20 bits per heavy atom. The highest BCUT2D eigenvalue weighted by Gasteiger charge is 2.34. The molecule has 0 fully saturated rings. The van der Waals surface area contributed by atoms with Gasteiger partial charge in [0, 0.05) is 18.1 Å². The van der Waals surface area contributed by atoms with Gasteiger partial charge in [-0.25, -0.2) is 8.42 Å². The fourth-order valence-electron chi connectivity index (χ4n) is 4.22. The molecule has 214 valence electrons. The van der Waals surface area contributed by atoms with Crippen molar-refractivity contribution in [3.63, 3.8) is 0 Å². The molecule has 40 heavy (non-hydrogen) atoms. The van der Waals surface area contributed by atoms with Crippen molar-refractivity contribution in [3.8, 4) is 5.75 Å². The second-order valence-electron chi connectivity index (χ2n) is 9.67. The van der Waals surface area contributed by atoms with Gasteiger partial charge < -0.3 is 15.0 Å². The monoisotopic (exact) mass is 585 g/mol. The molecule has 0 heterocycles. The smallest absolute Gasteiger partial charge is 0.264 e. The number of nitrogens with zero attached hydrogens (tertiary/aromatic N) is 2. The summed E-state index contributed by atoms with van der Waals surface area (Å²) in [6.45, 7) is 5.68. The van der Waals surface area contributed by atoms with Crippen LogP contribution in [0.5, 0.6) is 5.75 Å². The van der Waals surface area contributed by atoms with Crippen LogP contribution in [-0.4, -0.2) is 51.4 Å². The number of para-hydroxylation sites is 2. The predicted octanol–water partition coefficient (Wildman–Crippen LogP) is 5.12. The summed E-state index contributed by atoms with van der Waals surface area (Å²) in [5.74, 6) is -0.372. The Balaban J connectivity index is 2.08. The quantitative estimate of drug-likeness (QED) is 0.300. The minimum atomic E-state index is -4.19. The van der Waals surface area contributed by atoms with Crippen LogP contribution in [-0.2, 0) is 26.2 Å². The molecule has 3 aromatic rings. The Labute approximate surface area is 241 Å². The van der Waals surface area contributed by atoms with Gasteiger partial charge in [0.2, 0.25) is 11.8 Å². The maximum absolute atomic E-state index is 14.1. The third-order valence-electron chi connectivity index (χ3n) is 6.33. The molecular formula is C30H36ClN3O5S. The van der Waals surface area contributed by atoms with Crippen LogP contribution in [0.4, 0.5) is 5.69 Å². The van der Waals surface area contributed by atoms with Crippen molar-refractivity contribution in [1.29, 1.82) is 0 Å². The van der Waals surface area contributed by atoms with Crippen LogP contribution in [0.15, 0.2) is 83.8 Å². The third kappa shape index (κ3) is 7.55. The van der Waals surface area contributed by atoms with Crippen LogP contribution in [0.3, 0.4) is 0 Å². The van der Waals surface area contributed by atoms with Crippen LogP contribution in [0.1, 0.15) is 32.8 Å². The molecule has 0 aliphatic rings. The number of amides is 2. The molecule has 0 spiro atoms. The summed E-state index contributed by atoms with van der Waals surface area (Å²) in [6, 6.07) is 20.7. The largest absolute Gasteiger partial charge is 0.495 e. The van der Waals surface area contributed by atoms with Gasteiger partial charge in [0.05, 0.1) is 17.7 Å². The van der Waals surface area contributed by atoms with E-state index in [0.29, 0.717) is 23.6 Å². The highest BCUT2D eigenvalue weighted by atomic mass is 35.5. The second-order valence-corrected chi connectivity index (χ2v) is 11.9. The van der Waals surface area contributed by atoms with E-state index in [1.807, 2.05) is 20.8 Å². The first kappa shape index (κ1) is 31.0. The standard InChI is InChI=1S/C30H36ClN3O5S/c1-5-26(30(36)32-19-22(2)3)33(20-23-13-9-10-16-25(23)31)29(35)21-34(27-17-11-12-18-28(27)39-4)40(37,38)24-14-7-6-8-15-24/h6-18,22,26H,5,19-21H2,1-4H3,(H,32,36)/t26-/m0/s1. The number of ether oxygens (including phenoxy) is 1. The molecule has 0 saturated heterocycles. The van der Waals surface area contributed by atoms with Gasteiger partial charge in [-0.3, -0.25) is 13.9 Å². The fraction of sp³-hybridized carbons (Fsp3) is 0.333. The van der Waals surface area contributed by atoms with Gasteiger partial charge >= 0.3 is 0 Å². The predicted molar refractivity (Wildman–Crippen MR) is 158 cm³/mol.